The molecule has 132 valence electrons. The zero-order valence-corrected chi connectivity index (χ0v) is 14.5. The van der Waals surface area contributed by atoms with Crippen LogP contribution < -0.4 is 4.74 Å². The van der Waals surface area contributed by atoms with Gasteiger partial charge in [0.1, 0.15) is 5.75 Å². The highest BCUT2D eigenvalue weighted by molar-refractivity contribution is 5.79. The molecule has 2 unspecified atom stereocenters. The van der Waals surface area contributed by atoms with Gasteiger partial charge in [0.25, 0.3) is 0 Å². The van der Waals surface area contributed by atoms with Gasteiger partial charge in [0.15, 0.2) is 0 Å². The largest absolute Gasteiger partial charge is 0.494 e. The fourth-order valence-electron chi connectivity index (χ4n) is 3.71. The number of ether oxygens (including phenoxy) is 1. The minimum atomic E-state index is -0.431. The number of piperazine rings is 1. The normalized spacial score (nSPS) is 25.0. The highest BCUT2D eigenvalue weighted by atomic mass is 16.5. The van der Waals surface area contributed by atoms with E-state index in [1.165, 1.54) is 5.56 Å². The van der Waals surface area contributed by atoms with Gasteiger partial charge in [-0.1, -0.05) is 12.1 Å². The summed E-state index contributed by atoms with van der Waals surface area (Å²) in [5, 5.41) is 9.93. The van der Waals surface area contributed by atoms with Crippen LogP contribution in [0.3, 0.4) is 0 Å². The molecule has 1 aromatic rings. The van der Waals surface area contributed by atoms with Crippen molar-refractivity contribution in [2.24, 2.45) is 5.92 Å². The van der Waals surface area contributed by atoms with Crippen LogP contribution in [-0.4, -0.2) is 59.7 Å². The summed E-state index contributed by atoms with van der Waals surface area (Å²) in [7, 11) is 0. The van der Waals surface area contributed by atoms with Crippen LogP contribution in [-0.2, 0) is 11.3 Å². The maximum absolute atomic E-state index is 12.5. The van der Waals surface area contributed by atoms with Crippen LogP contribution in [0.25, 0.3) is 0 Å². The Balaban J connectivity index is 1.47. The van der Waals surface area contributed by atoms with E-state index in [0.717, 1.165) is 57.7 Å². The van der Waals surface area contributed by atoms with E-state index >= 15 is 0 Å². The first kappa shape index (κ1) is 17.2. The van der Waals surface area contributed by atoms with Crippen LogP contribution in [0.2, 0.25) is 0 Å². The fourth-order valence-corrected chi connectivity index (χ4v) is 3.71. The third-order valence-corrected chi connectivity index (χ3v) is 5.12. The van der Waals surface area contributed by atoms with Gasteiger partial charge in [-0.15, -0.1) is 0 Å². The third-order valence-electron chi connectivity index (χ3n) is 5.12. The van der Waals surface area contributed by atoms with Gasteiger partial charge in [0, 0.05) is 32.7 Å². The highest BCUT2D eigenvalue weighted by Gasteiger charge is 2.35. The van der Waals surface area contributed by atoms with Crippen LogP contribution in [0.4, 0.5) is 0 Å². The molecule has 0 aromatic heterocycles. The highest BCUT2D eigenvalue weighted by Crippen LogP contribution is 2.27. The van der Waals surface area contributed by atoms with Crippen molar-refractivity contribution in [3.8, 4) is 5.75 Å². The minimum absolute atomic E-state index is 0.153. The molecule has 1 amide bonds. The summed E-state index contributed by atoms with van der Waals surface area (Å²) in [4.78, 5) is 16.8. The van der Waals surface area contributed by atoms with Crippen molar-refractivity contribution in [3.05, 3.63) is 29.8 Å². The number of hydrogen-bond acceptors (Lipinski definition) is 4. The van der Waals surface area contributed by atoms with E-state index < -0.39 is 6.10 Å². The summed E-state index contributed by atoms with van der Waals surface area (Å²) < 4.78 is 5.47. The maximum atomic E-state index is 12.5. The first-order chi connectivity index (χ1) is 11.7. The number of carbonyl (C=O) groups is 1. The lowest BCUT2D eigenvalue weighted by molar-refractivity contribution is -0.140. The van der Waals surface area contributed by atoms with Crippen molar-refractivity contribution in [1.82, 2.24) is 9.80 Å². The molecule has 3 rings (SSSR count). The zero-order chi connectivity index (χ0) is 16.9. The van der Waals surface area contributed by atoms with Crippen molar-refractivity contribution >= 4 is 5.91 Å². The summed E-state index contributed by atoms with van der Waals surface area (Å²) in [5.74, 6) is 0.898. The molecule has 2 aliphatic rings. The van der Waals surface area contributed by atoms with Crippen LogP contribution in [0.15, 0.2) is 24.3 Å². The average molecular weight is 332 g/mol. The molecule has 1 N–H and O–H groups in total. The maximum Gasteiger partial charge on any atom is 0.228 e. The quantitative estimate of drug-likeness (QED) is 0.895. The SMILES string of the molecule is CCOc1ccc(CN2CCN(C(=O)C3CCCC3O)CC2)cc1. The Morgan fingerprint density at radius 3 is 2.46 bits per heavy atom. The lowest BCUT2D eigenvalue weighted by Crippen LogP contribution is -2.50. The van der Waals surface area contributed by atoms with Crippen LogP contribution >= 0.6 is 0 Å². The predicted octanol–water partition coefficient (Wildman–Crippen LogP) is 1.89. The van der Waals surface area contributed by atoms with Crippen LogP contribution in [0.5, 0.6) is 5.75 Å². The molecule has 2 fully saturated rings. The van der Waals surface area contributed by atoms with Crippen LogP contribution in [0.1, 0.15) is 31.7 Å². The van der Waals surface area contributed by atoms with Crippen LogP contribution in [0, 0.1) is 5.92 Å². The van der Waals surface area contributed by atoms with Crippen molar-refractivity contribution in [3.63, 3.8) is 0 Å². The van der Waals surface area contributed by atoms with Gasteiger partial charge >= 0.3 is 0 Å². The third kappa shape index (κ3) is 4.08. The van der Waals surface area contributed by atoms with E-state index in [-0.39, 0.29) is 11.8 Å². The molecule has 24 heavy (non-hydrogen) atoms. The Labute approximate surface area is 144 Å². The van der Waals surface area contributed by atoms with Gasteiger partial charge in [0.2, 0.25) is 5.91 Å². The van der Waals surface area contributed by atoms with Gasteiger partial charge in [-0.2, -0.15) is 0 Å². The van der Waals surface area contributed by atoms with Crippen molar-refractivity contribution in [2.75, 3.05) is 32.8 Å². The molecule has 2 atom stereocenters. The monoisotopic (exact) mass is 332 g/mol. The Morgan fingerprint density at radius 1 is 1.17 bits per heavy atom. The second kappa shape index (κ2) is 7.99. The summed E-state index contributed by atoms with van der Waals surface area (Å²) in [6.07, 6.45) is 2.15. The number of aliphatic hydroxyl groups is 1. The molecule has 0 spiro atoms. The minimum Gasteiger partial charge on any atom is -0.494 e. The Kier molecular flexibility index (Phi) is 5.74. The van der Waals surface area contributed by atoms with Gasteiger partial charge in [0.05, 0.1) is 18.6 Å². The molecule has 0 radical (unpaired) electrons. The predicted molar refractivity (Wildman–Crippen MR) is 92.8 cm³/mol. The number of hydrogen-bond donors (Lipinski definition) is 1. The molecular formula is C19H28N2O3. The number of amides is 1. The lowest BCUT2D eigenvalue weighted by Gasteiger charge is -2.36. The van der Waals surface area contributed by atoms with Crippen molar-refractivity contribution in [1.29, 1.82) is 0 Å². The molecule has 1 heterocycles. The summed E-state index contributed by atoms with van der Waals surface area (Å²) >= 11 is 0. The topological polar surface area (TPSA) is 53.0 Å². The van der Waals surface area contributed by atoms with E-state index in [0.29, 0.717) is 6.61 Å². The molecule has 1 aliphatic heterocycles. The van der Waals surface area contributed by atoms with E-state index in [4.69, 9.17) is 4.74 Å². The van der Waals surface area contributed by atoms with Crippen molar-refractivity contribution < 1.29 is 14.6 Å². The standard InChI is InChI=1S/C19H28N2O3/c1-2-24-16-8-6-15(7-9-16)14-20-10-12-21(13-11-20)19(23)17-4-3-5-18(17)22/h6-9,17-18,22H,2-5,10-14H2,1H3. The summed E-state index contributed by atoms with van der Waals surface area (Å²) in [6, 6.07) is 8.25. The molecule has 1 aromatic carbocycles. The molecule has 1 saturated heterocycles. The average Bonchev–Trinajstić information content (AvgIpc) is 3.03. The van der Waals surface area contributed by atoms with Gasteiger partial charge < -0.3 is 14.7 Å². The molecular weight excluding hydrogens is 304 g/mol. The number of rotatable bonds is 5. The number of carbonyl (C=O) groups excluding carboxylic acids is 1. The number of aliphatic hydroxyl groups excluding tert-OH is 1. The van der Waals surface area contributed by atoms with E-state index in [9.17, 15) is 9.90 Å². The molecule has 5 nitrogen and oxygen atoms in total. The molecule has 1 aliphatic carbocycles. The second-order valence-corrected chi connectivity index (χ2v) is 6.78. The summed E-state index contributed by atoms with van der Waals surface area (Å²) in [5.41, 5.74) is 1.27. The van der Waals surface area contributed by atoms with Crippen molar-refractivity contribution in [2.45, 2.75) is 38.8 Å². The zero-order valence-electron chi connectivity index (χ0n) is 14.5. The lowest BCUT2D eigenvalue weighted by atomic mass is 10.0. The summed E-state index contributed by atoms with van der Waals surface area (Å²) in [6.45, 7) is 6.88. The van der Waals surface area contributed by atoms with E-state index in [2.05, 4.69) is 17.0 Å². The second-order valence-electron chi connectivity index (χ2n) is 6.78. The van der Waals surface area contributed by atoms with Gasteiger partial charge in [-0.25, -0.2) is 0 Å². The van der Waals surface area contributed by atoms with Gasteiger partial charge in [-0.3, -0.25) is 9.69 Å². The Bertz CT molecular complexity index is 538. The van der Waals surface area contributed by atoms with E-state index in [1.54, 1.807) is 0 Å². The molecule has 0 bridgehead atoms. The molecule has 1 saturated carbocycles. The fraction of sp³-hybridized carbons (Fsp3) is 0.632. The first-order valence-corrected chi connectivity index (χ1v) is 9.08. The Morgan fingerprint density at radius 2 is 1.88 bits per heavy atom. The number of nitrogens with zero attached hydrogens (tertiary/aromatic N) is 2. The van der Waals surface area contributed by atoms with E-state index in [1.807, 2.05) is 24.0 Å². The molecule has 5 heteroatoms. The Hall–Kier alpha value is -1.59. The number of benzene rings is 1. The first-order valence-electron chi connectivity index (χ1n) is 9.08. The van der Waals surface area contributed by atoms with Gasteiger partial charge in [-0.05, 0) is 43.9 Å². The smallest absolute Gasteiger partial charge is 0.228 e.